The van der Waals surface area contributed by atoms with Crippen LogP contribution >= 0.6 is 0 Å². The molecule has 0 bridgehead atoms. The Morgan fingerprint density at radius 3 is 2.19 bits per heavy atom. The average Bonchev–Trinajstić information content (AvgIpc) is 2.73. The summed E-state index contributed by atoms with van der Waals surface area (Å²) >= 11 is 0. The molecule has 2 rings (SSSR count). The molecule has 0 unspecified atom stereocenters. The SMILES string of the molecule is CCCCN(CC(=O)N1CCNCC1)S(=O)(=O)c1ccc(C)c(C)c1.O=C(O)C(F)(F)F. The van der Waals surface area contributed by atoms with Crippen LogP contribution in [0.5, 0.6) is 0 Å². The highest BCUT2D eigenvalue weighted by atomic mass is 32.2. The molecular weight excluding hydrogens is 451 g/mol. The quantitative estimate of drug-likeness (QED) is 0.618. The van der Waals surface area contributed by atoms with Gasteiger partial charge in [0.05, 0.1) is 11.4 Å². The van der Waals surface area contributed by atoms with Gasteiger partial charge in [0.1, 0.15) is 0 Å². The molecule has 1 heterocycles. The molecule has 1 amide bonds. The number of carboxylic acids is 1. The molecule has 1 aliphatic heterocycles. The van der Waals surface area contributed by atoms with E-state index in [1.54, 1.807) is 17.0 Å². The summed E-state index contributed by atoms with van der Waals surface area (Å²) in [6, 6.07) is 5.14. The zero-order valence-corrected chi connectivity index (χ0v) is 19.2. The third-order valence-electron chi connectivity index (χ3n) is 4.90. The second-order valence-electron chi connectivity index (χ2n) is 7.37. The first-order valence-corrected chi connectivity index (χ1v) is 11.6. The molecule has 182 valence electrons. The van der Waals surface area contributed by atoms with Crippen LogP contribution in [0, 0.1) is 13.8 Å². The van der Waals surface area contributed by atoms with E-state index < -0.39 is 22.2 Å². The van der Waals surface area contributed by atoms with E-state index in [4.69, 9.17) is 9.90 Å². The summed E-state index contributed by atoms with van der Waals surface area (Å²) in [5.41, 5.74) is 1.99. The Morgan fingerprint density at radius 1 is 1.16 bits per heavy atom. The van der Waals surface area contributed by atoms with Crippen molar-refractivity contribution in [3.63, 3.8) is 0 Å². The average molecular weight is 482 g/mol. The third kappa shape index (κ3) is 8.40. The number of nitrogens with one attached hydrogen (secondary N) is 1. The number of hydrogen-bond donors (Lipinski definition) is 2. The molecule has 1 saturated heterocycles. The molecule has 12 heteroatoms. The van der Waals surface area contributed by atoms with Crippen LogP contribution in [0.25, 0.3) is 0 Å². The molecule has 0 radical (unpaired) electrons. The summed E-state index contributed by atoms with van der Waals surface area (Å²) in [7, 11) is -3.68. The van der Waals surface area contributed by atoms with E-state index in [0.29, 0.717) is 19.6 Å². The van der Waals surface area contributed by atoms with Gasteiger partial charge in [-0.2, -0.15) is 17.5 Å². The maximum atomic E-state index is 13.1. The van der Waals surface area contributed by atoms with Crippen molar-refractivity contribution in [3.05, 3.63) is 29.3 Å². The first-order chi connectivity index (χ1) is 14.8. The Bertz CT molecular complexity index is 885. The van der Waals surface area contributed by atoms with Crippen LogP contribution in [0.3, 0.4) is 0 Å². The number of alkyl halides is 3. The molecule has 0 saturated carbocycles. The molecule has 1 fully saturated rings. The van der Waals surface area contributed by atoms with Crippen molar-refractivity contribution >= 4 is 21.9 Å². The minimum absolute atomic E-state index is 0.0880. The molecule has 32 heavy (non-hydrogen) atoms. The van der Waals surface area contributed by atoms with Crippen molar-refractivity contribution in [2.45, 2.75) is 44.7 Å². The van der Waals surface area contributed by atoms with Gasteiger partial charge in [0, 0.05) is 32.7 Å². The van der Waals surface area contributed by atoms with Gasteiger partial charge in [-0.1, -0.05) is 19.4 Å². The van der Waals surface area contributed by atoms with Gasteiger partial charge in [-0.05, 0) is 43.5 Å². The van der Waals surface area contributed by atoms with Crippen LogP contribution in [0.15, 0.2) is 23.1 Å². The molecule has 2 N–H and O–H groups in total. The first kappa shape index (κ1) is 27.9. The summed E-state index contributed by atoms with van der Waals surface area (Å²) < 4.78 is 59.2. The van der Waals surface area contributed by atoms with Crippen molar-refractivity contribution in [3.8, 4) is 0 Å². The zero-order valence-electron chi connectivity index (χ0n) is 18.4. The summed E-state index contributed by atoms with van der Waals surface area (Å²) in [5.74, 6) is -2.88. The predicted octanol–water partition coefficient (Wildman–Crippen LogP) is 2.16. The number of carboxylic acid groups (broad SMARTS) is 1. The second-order valence-corrected chi connectivity index (χ2v) is 9.31. The Labute approximate surface area is 186 Å². The van der Waals surface area contributed by atoms with Crippen LogP contribution in [0.4, 0.5) is 13.2 Å². The number of aryl methyl sites for hydroxylation is 2. The smallest absolute Gasteiger partial charge is 0.475 e. The summed E-state index contributed by atoms with van der Waals surface area (Å²) in [5, 5.41) is 10.3. The van der Waals surface area contributed by atoms with Gasteiger partial charge in [0.2, 0.25) is 15.9 Å². The van der Waals surface area contributed by atoms with Crippen molar-refractivity contribution in [1.29, 1.82) is 0 Å². The molecule has 1 aliphatic rings. The van der Waals surface area contributed by atoms with E-state index in [0.717, 1.165) is 37.1 Å². The monoisotopic (exact) mass is 481 g/mol. The predicted molar refractivity (Wildman–Crippen MR) is 113 cm³/mol. The van der Waals surface area contributed by atoms with Gasteiger partial charge in [-0.15, -0.1) is 0 Å². The van der Waals surface area contributed by atoms with E-state index in [-0.39, 0.29) is 17.3 Å². The van der Waals surface area contributed by atoms with Gasteiger partial charge in [0.15, 0.2) is 0 Å². The van der Waals surface area contributed by atoms with Gasteiger partial charge >= 0.3 is 12.1 Å². The summed E-state index contributed by atoms with van der Waals surface area (Å²) in [6.45, 7) is 8.91. The van der Waals surface area contributed by atoms with Gasteiger partial charge in [0.25, 0.3) is 0 Å². The van der Waals surface area contributed by atoms with Gasteiger partial charge in [-0.25, -0.2) is 13.2 Å². The Kier molecular flexibility index (Phi) is 10.6. The molecule has 1 aromatic carbocycles. The Balaban J connectivity index is 0.000000633. The largest absolute Gasteiger partial charge is 0.490 e. The maximum absolute atomic E-state index is 13.1. The molecule has 1 aromatic rings. The summed E-state index contributed by atoms with van der Waals surface area (Å²) in [4.78, 5) is 23.5. The number of piperazine rings is 1. The molecular formula is C20H30F3N3O5S. The highest BCUT2D eigenvalue weighted by molar-refractivity contribution is 7.89. The number of sulfonamides is 1. The van der Waals surface area contributed by atoms with Gasteiger partial charge < -0.3 is 15.3 Å². The van der Waals surface area contributed by atoms with Crippen LogP contribution < -0.4 is 5.32 Å². The van der Waals surface area contributed by atoms with E-state index >= 15 is 0 Å². The molecule has 0 atom stereocenters. The van der Waals surface area contributed by atoms with E-state index in [1.165, 1.54) is 4.31 Å². The number of hydrogen-bond acceptors (Lipinski definition) is 5. The number of carbonyl (C=O) groups is 2. The van der Waals surface area contributed by atoms with E-state index in [2.05, 4.69) is 5.32 Å². The fourth-order valence-corrected chi connectivity index (χ4v) is 4.32. The molecule has 8 nitrogen and oxygen atoms in total. The Hall–Kier alpha value is -2.18. The minimum Gasteiger partial charge on any atom is -0.475 e. The standard InChI is InChI=1S/C18H29N3O3S.C2HF3O2/c1-4-5-10-21(14-18(22)20-11-8-19-9-12-20)25(23,24)17-7-6-15(2)16(3)13-17;3-2(4,5)1(6)7/h6-7,13,19H,4-5,8-12,14H2,1-3H3;(H,6,7). The minimum atomic E-state index is -5.08. The van der Waals surface area contributed by atoms with Crippen molar-refractivity contribution in [2.24, 2.45) is 0 Å². The zero-order chi connectivity index (χ0) is 24.5. The summed E-state index contributed by atoms with van der Waals surface area (Å²) in [6.07, 6.45) is -3.47. The number of aliphatic carboxylic acids is 1. The van der Waals surface area contributed by atoms with Crippen LogP contribution in [-0.4, -0.2) is 80.1 Å². The lowest BCUT2D eigenvalue weighted by Gasteiger charge is -2.30. The number of halogens is 3. The number of benzene rings is 1. The highest BCUT2D eigenvalue weighted by Gasteiger charge is 2.38. The van der Waals surface area contributed by atoms with Crippen molar-refractivity contribution < 1.29 is 36.3 Å². The number of nitrogens with zero attached hydrogens (tertiary/aromatic N) is 2. The number of rotatable bonds is 7. The number of unbranched alkanes of at least 4 members (excludes halogenated alkanes) is 1. The maximum Gasteiger partial charge on any atom is 0.490 e. The van der Waals surface area contributed by atoms with Crippen LogP contribution in [0.2, 0.25) is 0 Å². The van der Waals surface area contributed by atoms with E-state index in [9.17, 15) is 26.4 Å². The number of amides is 1. The third-order valence-corrected chi connectivity index (χ3v) is 6.74. The lowest BCUT2D eigenvalue weighted by molar-refractivity contribution is -0.192. The lowest BCUT2D eigenvalue weighted by atomic mass is 10.1. The lowest BCUT2D eigenvalue weighted by Crippen LogP contribution is -2.50. The number of carbonyl (C=O) groups excluding carboxylic acids is 1. The topological polar surface area (TPSA) is 107 Å². The molecule has 0 spiro atoms. The Morgan fingerprint density at radius 2 is 1.72 bits per heavy atom. The fourth-order valence-electron chi connectivity index (χ4n) is 2.81. The van der Waals surface area contributed by atoms with E-state index in [1.807, 2.05) is 26.8 Å². The highest BCUT2D eigenvalue weighted by Crippen LogP contribution is 2.20. The van der Waals surface area contributed by atoms with Crippen molar-refractivity contribution in [1.82, 2.24) is 14.5 Å². The molecule has 0 aliphatic carbocycles. The van der Waals surface area contributed by atoms with Gasteiger partial charge in [-0.3, -0.25) is 4.79 Å². The van der Waals surface area contributed by atoms with Crippen molar-refractivity contribution in [2.75, 3.05) is 39.3 Å². The molecule has 0 aromatic heterocycles. The first-order valence-electron chi connectivity index (χ1n) is 10.2. The van der Waals surface area contributed by atoms with Crippen LogP contribution in [0.1, 0.15) is 30.9 Å². The normalized spacial score (nSPS) is 14.7. The van der Waals surface area contributed by atoms with Crippen LogP contribution in [-0.2, 0) is 19.6 Å². The fraction of sp³-hybridized carbons (Fsp3) is 0.600. The second kappa shape index (κ2) is 12.2.